The van der Waals surface area contributed by atoms with E-state index in [1.165, 1.54) is 173 Å². The van der Waals surface area contributed by atoms with Crippen molar-refractivity contribution in [1.82, 2.24) is 5.32 Å². The van der Waals surface area contributed by atoms with E-state index in [0.717, 1.165) is 38.5 Å². The van der Waals surface area contributed by atoms with Gasteiger partial charge >= 0.3 is 0 Å². The van der Waals surface area contributed by atoms with Crippen LogP contribution in [0.4, 0.5) is 0 Å². The lowest BCUT2D eigenvalue weighted by molar-refractivity contribution is -0.124. The Morgan fingerprint density at radius 2 is 0.816 bits per heavy atom. The van der Waals surface area contributed by atoms with Crippen LogP contribution in [-0.4, -0.2) is 46.1 Å². The highest BCUT2D eigenvalue weighted by molar-refractivity contribution is 5.76. The average Bonchev–Trinajstić information content (AvgIpc) is 3.10. The number of aliphatic hydroxyl groups excluding tert-OH is 3. The van der Waals surface area contributed by atoms with E-state index in [-0.39, 0.29) is 12.5 Å². The Bertz CT molecular complexity index is 684. The molecule has 5 nitrogen and oxygen atoms in total. The van der Waals surface area contributed by atoms with Crippen LogP contribution in [0.5, 0.6) is 0 Å². The second-order valence-corrected chi connectivity index (χ2v) is 15.3. The van der Waals surface area contributed by atoms with Crippen LogP contribution in [0.15, 0.2) is 12.2 Å². The monoisotopic (exact) mass is 694 g/mol. The first kappa shape index (κ1) is 48.1. The Labute approximate surface area is 306 Å². The summed E-state index contributed by atoms with van der Waals surface area (Å²) in [6, 6.07) is -0.807. The summed E-state index contributed by atoms with van der Waals surface area (Å²) in [5.74, 6) is -0.147. The molecule has 0 aromatic carbocycles. The van der Waals surface area contributed by atoms with Crippen molar-refractivity contribution in [2.45, 2.75) is 257 Å². The van der Waals surface area contributed by atoms with Crippen LogP contribution in [0.2, 0.25) is 0 Å². The highest BCUT2D eigenvalue weighted by atomic mass is 16.3. The number of aliphatic hydroxyl groups is 3. The Kier molecular flexibility index (Phi) is 39.1. The molecule has 0 bridgehead atoms. The summed E-state index contributed by atoms with van der Waals surface area (Å²) in [6.45, 7) is 4.19. The highest BCUT2D eigenvalue weighted by Gasteiger charge is 2.26. The third kappa shape index (κ3) is 35.3. The molecule has 0 heterocycles. The third-order valence-electron chi connectivity index (χ3n) is 10.4. The van der Waals surface area contributed by atoms with Crippen molar-refractivity contribution in [3.63, 3.8) is 0 Å². The average molecular weight is 694 g/mol. The first-order chi connectivity index (χ1) is 24.1. The molecule has 0 radical (unpaired) electrons. The Hall–Kier alpha value is -0.910. The molecule has 49 heavy (non-hydrogen) atoms. The number of carbonyl (C=O) groups is 1. The van der Waals surface area contributed by atoms with Gasteiger partial charge in [0, 0.05) is 6.42 Å². The van der Waals surface area contributed by atoms with Crippen molar-refractivity contribution in [2.75, 3.05) is 6.61 Å². The number of carbonyl (C=O) groups excluding carboxylic acids is 1. The van der Waals surface area contributed by atoms with Crippen molar-refractivity contribution < 1.29 is 20.1 Å². The normalized spacial score (nSPS) is 13.7. The van der Waals surface area contributed by atoms with Gasteiger partial charge in [-0.3, -0.25) is 4.79 Å². The van der Waals surface area contributed by atoms with Crippen LogP contribution in [0.3, 0.4) is 0 Å². The molecule has 4 N–H and O–H groups in total. The van der Waals surface area contributed by atoms with Gasteiger partial charge in [0.2, 0.25) is 5.91 Å². The lowest BCUT2D eigenvalue weighted by Gasteiger charge is -2.26. The molecular formula is C44H87NO4. The second-order valence-electron chi connectivity index (χ2n) is 15.3. The molecule has 0 saturated heterocycles. The zero-order valence-electron chi connectivity index (χ0n) is 33.1. The van der Waals surface area contributed by atoms with E-state index in [2.05, 4.69) is 31.3 Å². The lowest BCUT2D eigenvalue weighted by Crippen LogP contribution is -2.50. The minimum Gasteiger partial charge on any atom is -0.394 e. The molecule has 0 aliphatic rings. The molecule has 0 saturated carbocycles. The quantitative estimate of drug-likeness (QED) is 0.0380. The fraction of sp³-hybridized carbons (Fsp3) is 0.932. The lowest BCUT2D eigenvalue weighted by atomic mass is 9.99. The molecule has 0 spiro atoms. The molecule has 5 heteroatoms. The molecule has 3 atom stereocenters. The van der Waals surface area contributed by atoms with Crippen LogP contribution >= 0.6 is 0 Å². The van der Waals surface area contributed by atoms with E-state index in [4.69, 9.17) is 0 Å². The largest absolute Gasteiger partial charge is 0.394 e. The van der Waals surface area contributed by atoms with Crippen molar-refractivity contribution in [2.24, 2.45) is 0 Å². The standard InChI is InChI=1S/C44H87NO4/c1-3-5-7-9-11-13-15-17-19-20-21-22-23-25-27-29-31-33-35-37-39-43(48)45-41(40-46)44(49)42(47)38-36-34-32-30-28-26-24-18-16-14-12-10-8-6-4-2/h21-22,41-42,44,46-47,49H,3-20,23-40H2,1-2H3,(H,45,48)/b22-21-. The first-order valence-corrected chi connectivity index (χ1v) is 22.0. The Balaban J connectivity index is 3.61. The van der Waals surface area contributed by atoms with E-state index in [0.29, 0.717) is 12.8 Å². The van der Waals surface area contributed by atoms with Gasteiger partial charge in [-0.15, -0.1) is 0 Å². The smallest absolute Gasteiger partial charge is 0.220 e. The van der Waals surface area contributed by atoms with Crippen LogP contribution in [-0.2, 0) is 4.79 Å². The predicted molar refractivity (Wildman–Crippen MR) is 213 cm³/mol. The number of hydrogen-bond donors (Lipinski definition) is 4. The van der Waals surface area contributed by atoms with Crippen molar-refractivity contribution in [3.05, 3.63) is 12.2 Å². The van der Waals surface area contributed by atoms with Gasteiger partial charge in [-0.2, -0.15) is 0 Å². The molecule has 1 amide bonds. The topological polar surface area (TPSA) is 89.8 Å². The molecule has 0 aliphatic carbocycles. The molecule has 0 aromatic rings. The minimum atomic E-state index is -1.13. The Morgan fingerprint density at radius 3 is 1.18 bits per heavy atom. The van der Waals surface area contributed by atoms with Gasteiger partial charge in [0.25, 0.3) is 0 Å². The summed E-state index contributed by atoms with van der Waals surface area (Å²) in [7, 11) is 0. The van der Waals surface area contributed by atoms with Crippen molar-refractivity contribution in [1.29, 1.82) is 0 Å². The van der Waals surface area contributed by atoms with Crippen LogP contribution in [0.25, 0.3) is 0 Å². The molecular weight excluding hydrogens is 606 g/mol. The SMILES string of the molecule is CCCCCCCCCCC/C=C\CCCCCCCCCC(=O)NC(CO)C(O)C(O)CCCCCCCCCCCCCCCCC. The van der Waals surface area contributed by atoms with Crippen molar-refractivity contribution in [3.8, 4) is 0 Å². The first-order valence-electron chi connectivity index (χ1n) is 22.0. The second kappa shape index (κ2) is 39.9. The summed E-state index contributed by atoms with van der Waals surface area (Å²) >= 11 is 0. The van der Waals surface area contributed by atoms with Crippen LogP contribution in [0.1, 0.15) is 239 Å². The van der Waals surface area contributed by atoms with Gasteiger partial charge in [-0.25, -0.2) is 0 Å². The van der Waals surface area contributed by atoms with E-state index in [1.807, 2.05) is 0 Å². The molecule has 0 fully saturated rings. The molecule has 3 unspecified atom stereocenters. The van der Waals surface area contributed by atoms with E-state index >= 15 is 0 Å². The maximum Gasteiger partial charge on any atom is 0.220 e. The number of hydrogen-bond acceptors (Lipinski definition) is 4. The molecule has 292 valence electrons. The van der Waals surface area contributed by atoms with E-state index < -0.39 is 18.2 Å². The molecule has 0 aliphatic heterocycles. The third-order valence-corrected chi connectivity index (χ3v) is 10.4. The fourth-order valence-corrected chi connectivity index (χ4v) is 6.92. The van der Waals surface area contributed by atoms with Gasteiger partial charge in [0.15, 0.2) is 0 Å². The Morgan fingerprint density at radius 1 is 0.490 bits per heavy atom. The maximum atomic E-state index is 12.4. The zero-order valence-corrected chi connectivity index (χ0v) is 33.1. The van der Waals surface area contributed by atoms with Crippen molar-refractivity contribution >= 4 is 5.91 Å². The summed E-state index contributed by atoms with van der Waals surface area (Å²) in [5, 5.41) is 33.5. The summed E-state index contributed by atoms with van der Waals surface area (Å²) in [4.78, 5) is 12.4. The number of amides is 1. The van der Waals surface area contributed by atoms with E-state index in [9.17, 15) is 20.1 Å². The molecule has 0 rings (SSSR count). The summed E-state index contributed by atoms with van der Waals surface area (Å²) < 4.78 is 0. The fourth-order valence-electron chi connectivity index (χ4n) is 6.92. The summed E-state index contributed by atoms with van der Waals surface area (Å²) in [5.41, 5.74) is 0. The number of nitrogens with one attached hydrogen (secondary N) is 1. The zero-order chi connectivity index (χ0) is 35.9. The van der Waals surface area contributed by atoms with Gasteiger partial charge in [0.1, 0.15) is 6.10 Å². The molecule has 0 aromatic heterocycles. The number of allylic oxidation sites excluding steroid dienone is 2. The summed E-state index contributed by atoms with van der Waals surface area (Å²) in [6.07, 6.45) is 46.0. The van der Waals surface area contributed by atoms with Gasteiger partial charge in [0.05, 0.1) is 18.8 Å². The predicted octanol–water partition coefficient (Wildman–Crippen LogP) is 12.4. The number of rotatable bonds is 40. The maximum absolute atomic E-state index is 12.4. The van der Waals surface area contributed by atoms with Crippen LogP contribution in [0, 0.1) is 0 Å². The van der Waals surface area contributed by atoms with Gasteiger partial charge in [-0.05, 0) is 38.5 Å². The van der Waals surface area contributed by atoms with Gasteiger partial charge < -0.3 is 20.6 Å². The van der Waals surface area contributed by atoms with Gasteiger partial charge in [-0.1, -0.05) is 206 Å². The van der Waals surface area contributed by atoms with E-state index in [1.54, 1.807) is 0 Å². The number of unbranched alkanes of at least 4 members (excludes halogenated alkanes) is 30. The highest BCUT2D eigenvalue weighted by Crippen LogP contribution is 2.16. The van der Waals surface area contributed by atoms with Crippen LogP contribution < -0.4 is 5.32 Å². The minimum absolute atomic E-state index is 0.147.